The summed E-state index contributed by atoms with van der Waals surface area (Å²) in [5.74, 6) is -3.90. The van der Waals surface area contributed by atoms with Crippen molar-refractivity contribution in [2.75, 3.05) is 0 Å². The van der Waals surface area contributed by atoms with Crippen LogP contribution in [0.4, 0.5) is 0 Å². The molecule has 0 aromatic rings. The van der Waals surface area contributed by atoms with Crippen LogP contribution in [0.2, 0.25) is 0 Å². The van der Waals surface area contributed by atoms with E-state index in [0.29, 0.717) is 0 Å². The van der Waals surface area contributed by atoms with Crippen LogP contribution in [-0.2, 0) is 9.59 Å². The number of aliphatic hydroxyl groups excluding tert-OH is 8. The van der Waals surface area contributed by atoms with E-state index in [2.05, 4.69) is 0 Å². The third kappa shape index (κ3) is 4.82. The van der Waals surface area contributed by atoms with Gasteiger partial charge in [-0.05, 0) is 0 Å². The molecule has 0 saturated carbocycles. The van der Waals surface area contributed by atoms with Gasteiger partial charge in [-0.25, -0.2) is 9.59 Å². The average Bonchev–Trinajstić information content (AvgIpc) is 2.48. The number of aliphatic hydroxyl groups is 8. The molecule has 0 aromatic carbocycles. The van der Waals surface area contributed by atoms with E-state index in [0.717, 1.165) is 0 Å². The van der Waals surface area contributed by atoms with E-state index in [9.17, 15) is 40.2 Å². The Morgan fingerprint density at radius 3 is 0.818 bits per heavy atom. The number of hydrogen-bond donors (Lipinski definition) is 10. The van der Waals surface area contributed by atoms with Crippen LogP contribution in [0, 0.1) is 0 Å². The second-order valence-corrected chi connectivity index (χ2v) is 4.51. The molecule has 22 heavy (non-hydrogen) atoms. The molecule has 8 atom stereocenters. The Kier molecular flexibility index (Phi) is 7.78. The molecule has 0 aliphatic heterocycles. The second-order valence-electron chi connectivity index (χ2n) is 4.51. The summed E-state index contributed by atoms with van der Waals surface area (Å²) < 4.78 is 0. The molecule has 0 aliphatic carbocycles. The standard InChI is InChI=1S/C10H18O12/c11-1(3(13)5(15)7(17)9(19)20)2(12)4(14)6(16)8(18)10(21)22/h1-8,11-18H,(H,19,20)(H,21,22)/t1-,2-,3-,4-,5+,6+,7-,8+/m1/s1. The lowest BCUT2D eigenvalue weighted by molar-refractivity contribution is -0.189. The van der Waals surface area contributed by atoms with Gasteiger partial charge in [-0.1, -0.05) is 0 Å². The zero-order valence-corrected chi connectivity index (χ0v) is 10.9. The number of carbonyl (C=O) groups is 2. The zero-order chi connectivity index (χ0) is 17.8. The van der Waals surface area contributed by atoms with Crippen molar-refractivity contribution in [2.45, 2.75) is 48.8 Å². The lowest BCUT2D eigenvalue weighted by Crippen LogP contribution is -2.57. The molecular weight excluding hydrogens is 312 g/mol. The van der Waals surface area contributed by atoms with E-state index in [1.165, 1.54) is 0 Å². The van der Waals surface area contributed by atoms with Crippen LogP contribution in [0.1, 0.15) is 0 Å². The molecule has 0 aliphatic rings. The van der Waals surface area contributed by atoms with E-state index >= 15 is 0 Å². The van der Waals surface area contributed by atoms with Crippen LogP contribution < -0.4 is 0 Å². The summed E-state index contributed by atoms with van der Waals surface area (Å²) in [4.78, 5) is 20.8. The highest BCUT2D eigenvalue weighted by molar-refractivity contribution is 5.73. The van der Waals surface area contributed by atoms with Crippen molar-refractivity contribution in [3.8, 4) is 0 Å². The Labute approximate surface area is 122 Å². The summed E-state index contributed by atoms with van der Waals surface area (Å²) in [5.41, 5.74) is 0. The molecule has 0 unspecified atom stereocenters. The topological polar surface area (TPSA) is 236 Å². The van der Waals surface area contributed by atoms with Gasteiger partial charge in [0, 0.05) is 0 Å². The first-order valence-electron chi connectivity index (χ1n) is 5.83. The van der Waals surface area contributed by atoms with Gasteiger partial charge in [0.1, 0.15) is 36.6 Å². The van der Waals surface area contributed by atoms with Gasteiger partial charge in [-0.15, -0.1) is 0 Å². The molecule has 0 amide bonds. The van der Waals surface area contributed by atoms with Crippen molar-refractivity contribution in [3.63, 3.8) is 0 Å². The number of carboxylic acid groups (broad SMARTS) is 2. The van der Waals surface area contributed by atoms with Crippen molar-refractivity contribution in [1.29, 1.82) is 0 Å². The third-order valence-corrected chi connectivity index (χ3v) is 2.90. The summed E-state index contributed by atoms with van der Waals surface area (Å²) in [6, 6.07) is 0. The maximum Gasteiger partial charge on any atom is 0.335 e. The Hall–Kier alpha value is -1.38. The van der Waals surface area contributed by atoms with E-state index in [4.69, 9.17) is 20.4 Å². The van der Waals surface area contributed by atoms with Crippen LogP contribution in [0.25, 0.3) is 0 Å². The van der Waals surface area contributed by atoms with Crippen LogP contribution in [0.5, 0.6) is 0 Å². The Bertz CT molecular complexity index is 350. The minimum Gasteiger partial charge on any atom is -0.479 e. The van der Waals surface area contributed by atoms with Crippen molar-refractivity contribution in [2.24, 2.45) is 0 Å². The molecule has 10 N–H and O–H groups in total. The van der Waals surface area contributed by atoms with Crippen molar-refractivity contribution in [1.82, 2.24) is 0 Å². The maximum absolute atomic E-state index is 10.4. The maximum atomic E-state index is 10.4. The van der Waals surface area contributed by atoms with Gasteiger partial charge < -0.3 is 51.1 Å². The van der Waals surface area contributed by atoms with Gasteiger partial charge >= 0.3 is 11.9 Å². The predicted molar refractivity (Wildman–Crippen MR) is 63.3 cm³/mol. The molecule has 0 aromatic heterocycles. The summed E-state index contributed by atoms with van der Waals surface area (Å²) in [6.45, 7) is 0. The van der Waals surface area contributed by atoms with Crippen LogP contribution in [0.15, 0.2) is 0 Å². The van der Waals surface area contributed by atoms with E-state index in [1.54, 1.807) is 0 Å². The predicted octanol–water partition coefficient (Wildman–Crippen LogP) is -5.96. The fourth-order valence-electron chi connectivity index (χ4n) is 1.47. The van der Waals surface area contributed by atoms with Crippen molar-refractivity contribution in [3.05, 3.63) is 0 Å². The van der Waals surface area contributed by atoms with Crippen LogP contribution >= 0.6 is 0 Å². The summed E-state index contributed by atoms with van der Waals surface area (Å²) in [5, 5.41) is 91.0. The van der Waals surface area contributed by atoms with Crippen LogP contribution in [-0.4, -0.2) is 112 Å². The van der Waals surface area contributed by atoms with Gasteiger partial charge in [0.05, 0.1) is 0 Å². The first kappa shape index (κ1) is 20.6. The smallest absolute Gasteiger partial charge is 0.335 e. The quantitative estimate of drug-likeness (QED) is 0.190. The van der Waals surface area contributed by atoms with Crippen molar-refractivity contribution < 1.29 is 60.7 Å². The van der Waals surface area contributed by atoms with Crippen molar-refractivity contribution >= 4 is 11.9 Å². The van der Waals surface area contributed by atoms with Gasteiger partial charge in [-0.2, -0.15) is 0 Å². The molecule has 0 rings (SSSR count). The van der Waals surface area contributed by atoms with Gasteiger partial charge in [-0.3, -0.25) is 0 Å². The molecule has 0 radical (unpaired) electrons. The summed E-state index contributed by atoms with van der Waals surface area (Å²) in [6.07, 6.45) is -19.9. The Balaban J connectivity index is 4.93. The highest BCUT2D eigenvalue weighted by atomic mass is 16.4. The molecule has 0 spiro atoms. The minimum atomic E-state index is -2.52. The second kappa shape index (κ2) is 8.30. The SMILES string of the molecule is O=C(O)[C@@H](O)[C@@H](O)[C@H](O)[C@H](O)[C@@H](O)[C@@H](O)[C@H](O)[C@@H](O)C(=O)O. The van der Waals surface area contributed by atoms with Gasteiger partial charge in [0.15, 0.2) is 12.2 Å². The highest BCUT2D eigenvalue weighted by Gasteiger charge is 2.43. The number of carboxylic acids is 2. The summed E-state index contributed by atoms with van der Waals surface area (Å²) >= 11 is 0. The molecular formula is C10H18O12. The number of hydrogen-bond acceptors (Lipinski definition) is 10. The highest BCUT2D eigenvalue weighted by Crippen LogP contribution is 2.14. The lowest BCUT2D eigenvalue weighted by atomic mass is 9.93. The molecule has 0 bridgehead atoms. The van der Waals surface area contributed by atoms with Gasteiger partial charge in [0.25, 0.3) is 0 Å². The first-order valence-corrected chi connectivity index (χ1v) is 5.83. The fraction of sp³-hybridized carbons (Fsp3) is 0.800. The minimum absolute atomic E-state index is 1.95. The Morgan fingerprint density at radius 2 is 0.636 bits per heavy atom. The summed E-state index contributed by atoms with van der Waals surface area (Å²) in [7, 11) is 0. The van der Waals surface area contributed by atoms with E-state index in [-0.39, 0.29) is 0 Å². The third-order valence-electron chi connectivity index (χ3n) is 2.90. The zero-order valence-electron chi connectivity index (χ0n) is 10.9. The molecule has 130 valence electrons. The fourth-order valence-corrected chi connectivity index (χ4v) is 1.47. The van der Waals surface area contributed by atoms with Gasteiger partial charge in [0.2, 0.25) is 0 Å². The molecule has 0 fully saturated rings. The van der Waals surface area contributed by atoms with Crippen LogP contribution in [0.3, 0.4) is 0 Å². The normalized spacial score (nSPS) is 22.7. The van der Waals surface area contributed by atoms with E-state index < -0.39 is 60.8 Å². The monoisotopic (exact) mass is 330 g/mol. The molecule has 12 heteroatoms. The molecule has 0 heterocycles. The Morgan fingerprint density at radius 1 is 0.455 bits per heavy atom. The number of rotatable bonds is 9. The number of aliphatic carboxylic acids is 2. The molecule has 0 saturated heterocycles. The molecule has 12 nitrogen and oxygen atoms in total. The average molecular weight is 330 g/mol. The lowest BCUT2D eigenvalue weighted by Gasteiger charge is -2.32. The largest absolute Gasteiger partial charge is 0.479 e. The van der Waals surface area contributed by atoms with E-state index in [1.807, 2.05) is 0 Å². The first-order chi connectivity index (χ1) is 9.93.